The summed E-state index contributed by atoms with van der Waals surface area (Å²) in [5.41, 5.74) is 2.62. The van der Waals surface area contributed by atoms with Gasteiger partial charge in [0.1, 0.15) is 5.01 Å². The number of nitrogens with zero attached hydrogens (tertiary/aromatic N) is 2. The minimum atomic E-state index is -0.133. The molecule has 3 amide bonds. The number of hydrogen-bond acceptors (Lipinski definition) is 4. The largest absolute Gasteiger partial charge is 0.354 e. The van der Waals surface area contributed by atoms with Crippen LogP contribution in [0.4, 0.5) is 10.5 Å². The number of carbonyl (C=O) groups excluding carboxylic acids is 2. The Balaban J connectivity index is 1.44. The average Bonchev–Trinajstić information content (AvgIpc) is 3.18. The van der Waals surface area contributed by atoms with Crippen molar-refractivity contribution in [2.75, 3.05) is 18.4 Å². The summed E-state index contributed by atoms with van der Waals surface area (Å²) in [4.78, 5) is 31.6. The number of anilines is 1. The smallest absolute Gasteiger partial charge is 0.321 e. The van der Waals surface area contributed by atoms with Gasteiger partial charge in [-0.05, 0) is 51.0 Å². The number of likely N-dealkylation sites (tertiary alicyclic amines) is 1. The summed E-state index contributed by atoms with van der Waals surface area (Å²) in [5, 5.41) is 6.91. The Labute approximate surface area is 180 Å². The van der Waals surface area contributed by atoms with Crippen LogP contribution in [-0.2, 0) is 4.79 Å². The lowest BCUT2D eigenvalue weighted by Gasteiger charge is -2.31. The van der Waals surface area contributed by atoms with Gasteiger partial charge in [0.15, 0.2) is 0 Å². The lowest BCUT2D eigenvalue weighted by Crippen LogP contribution is -2.45. The predicted octanol–water partition coefficient (Wildman–Crippen LogP) is 4.73. The summed E-state index contributed by atoms with van der Waals surface area (Å²) in [6, 6.07) is 15.8. The lowest BCUT2D eigenvalue weighted by atomic mass is 9.96. The van der Waals surface area contributed by atoms with E-state index >= 15 is 0 Å². The SMILES string of the molecule is CC(C)NC(=O)C1CCN(C(=O)Nc2ccccc2-c2nc3ccccc3s2)CC1. The van der Waals surface area contributed by atoms with Gasteiger partial charge in [-0.25, -0.2) is 9.78 Å². The number of para-hydroxylation sites is 2. The van der Waals surface area contributed by atoms with Gasteiger partial charge in [-0.2, -0.15) is 0 Å². The molecule has 0 atom stereocenters. The quantitative estimate of drug-likeness (QED) is 0.638. The first-order valence-corrected chi connectivity index (χ1v) is 11.1. The van der Waals surface area contributed by atoms with Gasteiger partial charge >= 0.3 is 6.03 Å². The van der Waals surface area contributed by atoms with Crippen LogP contribution in [-0.4, -0.2) is 41.0 Å². The molecule has 2 aromatic carbocycles. The van der Waals surface area contributed by atoms with E-state index in [4.69, 9.17) is 4.98 Å². The molecule has 1 aromatic heterocycles. The lowest BCUT2D eigenvalue weighted by molar-refractivity contribution is -0.126. The molecule has 0 saturated carbocycles. The Morgan fingerprint density at radius 3 is 2.50 bits per heavy atom. The number of fused-ring (bicyclic) bond motifs is 1. The normalized spacial score (nSPS) is 14.8. The molecule has 1 aliphatic rings. The second kappa shape index (κ2) is 8.83. The zero-order valence-corrected chi connectivity index (χ0v) is 18.0. The molecule has 0 bridgehead atoms. The molecule has 0 radical (unpaired) electrons. The highest BCUT2D eigenvalue weighted by Crippen LogP contribution is 2.34. The maximum absolute atomic E-state index is 12.9. The molecular weight excluding hydrogens is 396 g/mol. The third-order valence-electron chi connectivity index (χ3n) is 5.28. The summed E-state index contributed by atoms with van der Waals surface area (Å²) >= 11 is 1.61. The van der Waals surface area contributed by atoms with Gasteiger partial charge in [-0.1, -0.05) is 24.3 Å². The number of amides is 3. The number of hydrogen-bond donors (Lipinski definition) is 2. The summed E-state index contributed by atoms with van der Waals surface area (Å²) in [5.74, 6) is 0.0673. The number of thiazole rings is 1. The van der Waals surface area contributed by atoms with E-state index in [0.717, 1.165) is 26.5 Å². The van der Waals surface area contributed by atoms with Crippen molar-refractivity contribution >= 4 is 39.2 Å². The summed E-state index contributed by atoms with van der Waals surface area (Å²) in [6.07, 6.45) is 1.37. The molecule has 0 spiro atoms. The van der Waals surface area contributed by atoms with Gasteiger partial charge < -0.3 is 15.5 Å². The van der Waals surface area contributed by atoms with Crippen LogP contribution < -0.4 is 10.6 Å². The van der Waals surface area contributed by atoms with Gasteiger partial charge in [0.05, 0.1) is 15.9 Å². The minimum absolute atomic E-state index is 0.0218. The number of benzene rings is 2. The molecule has 7 heteroatoms. The average molecular weight is 423 g/mol. The fraction of sp³-hybridized carbons (Fsp3) is 0.348. The van der Waals surface area contributed by atoms with E-state index in [2.05, 4.69) is 16.7 Å². The molecule has 156 valence electrons. The number of aromatic nitrogens is 1. The molecule has 1 fully saturated rings. The Kier molecular flexibility index (Phi) is 5.99. The van der Waals surface area contributed by atoms with Crippen molar-refractivity contribution in [2.24, 2.45) is 5.92 Å². The molecule has 4 rings (SSSR count). The van der Waals surface area contributed by atoms with Crippen LogP contribution in [0, 0.1) is 5.92 Å². The first kappa shape index (κ1) is 20.3. The van der Waals surface area contributed by atoms with Crippen LogP contribution in [0.1, 0.15) is 26.7 Å². The van der Waals surface area contributed by atoms with Crippen LogP contribution in [0.25, 0.3) is 20.8 Å². The second-order valence-electron chi connectivity index (χ2n) is 7.89. The molecule has 2 N–H and O–H groups in total. The number of nitrogens with one attached hydrogen (secondary N) is 2. The number of urea groups is 1. The fourth-order valence-corrected chi connectivity index (χ4v) is 4.71. The number of piperidine rings is 1. The topological polar surface area (TPSA) is 74.3 Å². The van der Waals surface area contributed by atoms with Crippen molar-refractivity contribution in [2.45, 2.75) is 32.7 Å². The molecule has 1 saturated heterocycles. The first-order chi connectivity index (χ1) is 14.5. The van der Waals surface area contributed by atoms with Crippen LogP contribution >= 0.6 is 11.3 Å². The van der Waals surface area contributed by atoms with E-state index < -0.39 is 0 Å². The Hall–Kier alpha value is -2.93. The molecule has 6 nitrogen and oxygen atoms in total. The maximum Gasteiger partial charge on any atom is 0.321 e. The number of rotatable bonds is 4. The highest BCUT2D eigenvalue weighted by atomic mass is 32.1. The first-order valence-electron chi connectivity index (χ1n) is 10.3. The van der Waals surface area contributed by atoms with Gasteiger partial charge in [0.2, 0.25) is 5.91 Å². The third-order valence-corrected chi connectivity index (χ3v) is 6.35. The zero-order chi connectivity index (χ0) is 21.1. The summed E-state index contributed by atoms with van der Waals surface area (Å²) < 4.78 is 1.12. The monoisotopic (exact) mass is 422 g/mol. The molecular formula is C23H26N4O2S. The van der Waals surface area contributed by atoms with Crippen LogP contribution in [0.15, 0.2) is 48.5 Å². The van der Waals surface area contributed by atoms with E-state index in [-0.39, 0.29) is 23.9 Å². The van der Waals surface area contributed by atoms with Crippen molar-refractivity contribution in [3.05, 3.63) is 48.5 Å². The highest BCUT2D eigenvalue weighted by Gasteiger charge is 2.28. The van der Waals surface area contributed by atoms with Gasteiger partial charge in [0.25, 0.3) is 0 Å². The van der Waals surface area contributed by atoms with Crippen molar-refractivity contribution in [3.8, 4) is 10.6 Å². The van der Waals surface area contributed by atoms with Gasteiger partial charge in [-0.15, -0.1) is 11.3 Å². The van der Waals surface area contributed by atoms with Crippen LogP contribution in [0.5, 0.6) is 0 Å². The zero-order valence-electron chi connectivity index (χ0n) is 17.2. The van der Waals surface area contributed by atoms with Crippen LogP contribution in [0.3, 0.4) is 0 Å². The molecule has 1 aliphatic heterocycles. The van der Waals surface area contributed by atoms with Crippen molar-refractivity contribution in [1.82, 2.24) is 15.2 Å². The molecule has 0 unspecified atom stereocenters. The minimum Gasteiger partial charge on any atom is -0.354 e. The standard InChI is InChI=1S/C23H26N4O2S/c1-15(2)24-21(28)16-11-13-27(14-12-16)23(29)26-18-8-4-3-7-17(18)22-25-19-9-5-6-10-20(19)30-22/h3-10,15-16H,11-14H2,1-2H3,(H,24,28)(H,26,29). The number of carbonyl (C=O) groups is 2. The highest BCUT2D eigenvalue weighted by molar-refractivity contribution is 7.21. The molecule has 0 aliphatic carbocycles. The van der Waals surface area contributed by atoms with Gasteiger partial charge in [0, 0.05) is 30.6 Å². The van der Waals surface area contributed by atoms with Crippen molar-refractivity contribution < 1.29 is 9.59 Å². The Morgan fingerprint density at radius 1 is 1.07 bits per heavy atom. The van der Waals surface area contributed by atoms with E-state index in [9.17, 15) is 9.59 Å². The second-order valence-corrected chi connectivity index (χ2v) is 8.92. The summed E-state index contributed by atoms with van der Waals surface area (Å²) in [6.45, 7) is 5.07. The summed E-state index contributed by atoms with van der Waals surface area (Å²) in [7, 11) is 0. The van der Waals surface area contributed by atoms with E-state index in [0.29, 0.717) is 25.9 Å². The Bertz CT molecular complexity index is 1020. The van der Waals surface area contributed by atoms with Gasteiger partial charge in [-0.3, -0.25) is 4.79 Å². The fourth-order valence-electron chi connectivity index (χ4n) is 3.71. The predicted molar refractivity (Wildman–Crippen MR) is 122 cm³/mol. The van der Waals surface area contributed by atoms with Crippen LogP contribution in [0.2, 0.25) is 0 Å². The molecule has 30 heavy (non-hydrogen) atoms. The van der Waals surface area contributed by atoms with E-state index in [1.807, 2.05) is 56.3 Å². The van der Waals surface area contributed by atoms with E-state index in [1.54, 1.807) is 16.2 Å². The molecule has 3 aromatic rings. The maximum atomic E-state index is 12.9. The Morgan fingerprint density at radius 2 is 1.77 bits per heavy atom. The third kappa shape index (κ3) is 4.46. The van der Waals surface area contributed by atoms with Crippen molar-refractivity contribution in [1.29, 1.82) is 0 Å². The molecule has 2 heterocycles. The van der Waals surface area contributed by atoms with E-state index in [1.165, 1.54) is 0 Å². The van der Waals surface area contributed by atoms with Crippen molar-refractivity contribution in [3.63, 3.8) is 0 Å².